The van der Waals surface area contributed by atoms with Gasteiger partial charge in [-0.05, 0) is 43.7 Å². The van der Waals surface area contributed by atoms with E-state index in [1.54, 1.807) is 12.1 Å². The van der Waals surface area contributed by atoms with Gasteiger partial charge in [-0.2, -0.15) is 5.26 Å². The van der Waals surface area contributed by atoms with Crippen molar-refractivity contribution in [2.75, 3.05) is 12.3 Å². The number of fused-ring (bicyclic) bond motifs is 1. The first-order valence-corrected chi connectivity index (χ1v) is 12.7. The lowest BCUT2D eigenvalue weighted by atomic mass is 9.72. The van der Waals surface area contributed by atoms with Gasteiger partial charge in [0.15, 0.2) is 17.5 Å². The number of nitrogens with zero attached hydrogens (tertiary/aromatic N) is 3. The molecule has 4 rings (SSSR count). The van der Waals surface area contributed by atoms with Crippen LogP contribution in [0, 0.1) is 17.2 Å². The lowest BCUT2D eigenvalue weighted by Gasteiger charge is -2.28. The quantitative estimate of drug-likeness (QED) is 0.178. The molecule has 1 aliphatic heterocycles. The Bertz CT molecular complexity index is 1290. The molecule has 1 fully saturated rings. The van der Waals surface area contributed by atoms with Gasteiger partial charge in [0.05, 0.1) is 17.6 Å². The number of carboxylic acids is 1. The first-order chi connectivity index (χ1) is 18.2. The number of carbonyl (C=O) groups excluding carboxylic acids is 2. The molecule has 0 bridgehead atoms. The molecule has 2 heterocycles. The van der Waals surface area contributed by atoms with E-state index in [0.717, 1.165) is 24.2 Å². The summed E-state index contributed by atoms with van der Waals surface area (Å²) in [6, 6.07) is 6.72. The first-order valence-electron chi connectivity index (χ1n) is 11.9. The molecule has 0 radical (unpaired) electrons. The van der Waals surface area contributed by atoms with E-state index >= 15 is 0 Å². The Kier molecular flexibility index (Phi) is 8.44. The van der Waals surface area contributed by atoms with Gasteiger partial charge in [-0.15, -0.1) is 11.3 Å². The predicted octanol–water partition coefficient (Wildman–Crippen LogP) is 0.482. The summed E-state index contributed by atoms with van der Waals surface area (Å²) in [5.41, 5.74) is 5.94. The number of aromatic carboxylic acids is 1. The monoisotopic (exact) mass is 540 g/mol. The minimum Gasteiger partial charge on any atom is -0.534 e. The topological polar surface area (TPSA) is 209 Å². The fourth-order valence-corrected chi connectivity index (χ4v) is 4.89. The molecule has 1 atom stereocenters. The number of benzene rings is 1. The molecule has 0 saturated heterocycles. The number of carboxylic acid groups (broad SMARTS) is 1. The highest BCUT2D eigenvalue weighted by Crippen LogP contribution is 2.30. The number of rotatable bonds is 8. The second-order valence-electron chi connectivity index (χ2n) is 8.92. The Hall–Kier alpha value is -4.16. The van der Waals surface area contributed by atoms with E-state index in [2.05, 4.69) is 26.8 Å². The minimum absolute atomic E-state index is 0.0106. The second kappa shape index (κ2) is 11.9. The van der Waals surface area contributed by atoms with Gasteiger partial charge in [0, 0.05) is 17.3 Å². The molecule has 1 saturated carbocycles. The van der Waals surface area contributed by atoms with Gasteiger partial charge in [0.1, 0.15) is 11.4 Å². The average molecular weight is 540 g/mol. The first kappa shape index (κ1) is 26.9. The highest BCUT2D eigenvalue weighted by atomic mass is 32.1. The fourth-order valence-electron chi connectivity index (χ4n) is 4.35. The molecule has 1 aliphatic carbocycles. The summed E-state index contributed by atoms with van der Waals surface area (Å²) in [5, 5.41) is 39.8. The van der Waals surface area contributed by atoms with Crippen LogP contribution in [0.3, 0.4) is 0 Å². The molecule has 38 heavy (non-hydrogen) atoms. The number of oxime groups is 1. The zero-order valence-electron chi connectivity index (χ0n) is 20.1. The van der Waals surface area contributed by atoms with Crippen molar-refractivity contribution in [2.45, 2.75) is 44.1 Å². The Balaban J connectivity index is 1.41. The van der Waals surface area contributed by atoms with Crippen molar-refractivity contribution in [1.29, 1.82) is 5.26 Å². The van der Waals surface area contributed by atoms with E-state index < -0.39 is 37.5 Å². The summed E-state index contributed by atoms with van der Waals surface area (Å²) < 4.78 is 5.41. The Morgan fingerprint density at radius 3 is 2.71 bits per heavy atom. The molecule has 2 aliphatic rings. The summed E-state index contributed by atoms with van der Waals surface area (Å²) in [5.74, 6) is -3.29. The van der Waals surface area contributed by atoms with Crippen LogP contribution in [0.25, 0.3) is 0 Å². The van der Waals surface area contributed by atoms with Crippen molar-refractivity contribution in [3.63, 3.8) is 0 Å². The summed E-state index contributed by atoms with van der Waals surface area (Å²) >= 11 is 1.08. The van der Waals surface area contributed by atoms with Crippen LogP contribution in [0.15, 0.2) is 28.7 Å². The van der Waals surface area contributed by atoms with E-state index in [0.29, 0.717) is 18.4 Å². The van der Waals surface area contributed by atoms with E-state index in [4.69, 9.17) is 20.5 Å². The molecule has 13 nitrogen and oxygen atoms in total. The van der Waals surface area contributed by atoms with Crippen LogP contribution in [0.1, 0.15) is 47.3 Å². The normalized spacial score (nSPS) is 20.9. The molecule has 6 N–H and O–H groups in total. The molecule has 2 amide bonds. The molecule has 0 spiro atoms. The highest BCUT2D eigenvalue weighted by Gasteiger charge is 2.38. The van der Waals surface area contributed by atoms with Crippen LogP contribution in [0.4, 0.5) is 5.13 Å². The van der Waals surface area contributed by atoms with Crippen molar-refractivity contribution in [2.24, 2.45) is 11.1 Å². The lowest BCUT2D eigenvalue weighted by molar-refractivity contribution is -0.127. The number of nitrogens with one attached hydrogen (secondary N) is 2. The number of nitrogens with two attached hydrogens (primary N) is 1. The maximum Gasteiger partial charge on any atom is 0.547 e. The third-order valence-electron chi connectivity index (χ3n) is 6.27. The number of hydrogen-bond acceptors (Lipinski definition) is 11. The second-order valence-corrected chi connectivity index (χ2v) is 9.81. The number of carbonyl (C=O) groups is 3. The maximum absolute atomic E-state index is 13.1. The number of para-hydroxylation sites is 1. The number of nitrogen functional groups attached to an aromatic ring is 1. The van der Waals surface area contributed by atoms with Crippen LogP contribution in [-0.2, 0) is 20.8 Å². The molecular formula is C23H25BN6O7S. The Morgan fingerprint density at radius 1 is 1.29 bits per heavy atom. The summed E-state index contributed by atoms with van der Waals surface area (Å²) in [7, 11) is -1.53. The molecular weight excluding hydrogens is 515 g/mol. The lowest BCUT2D eigenvalue weighted by Crippen LogP contribution is -2.54. The standard InChI is InChI=1S/C23H25BN6O7S/c25-9-12-4-6-14(7-5-12)27-18(31)10-36-30-19(16-11-38-23(26)28-16)21(32)29-17-8-13-2-1-3-15(22(33)34)20(13)37-24(17)35/h1-3,11-12,14,17,35H,4-8,10H2,(H2,26,28)(H,27,31)(H,29,32)(H,33,34)/b30-19-/t12?,14?,17-/m0/s1. The highest BCUT2D eigenvalue weighted by molar-refractivity contribution is 7.13. The van der Waals surface area contributed by atoms with Gasteiger partial charge in [-0.3, -0.25) is 9.59 Å². The predicted molar refractivity (Wildman–Crippen MR) is 136 cm³/mol. The minimum atomic E-state index is -1.53. The SMILES string of the molecule is N#CC1CCC(NC(=O)CO/N=C(\C(=O)N[C@H]2Cc3cccc(C(=O)O)c3OB2O)c2csc(N)n2)CC1. The zero-order valence-corrected chi connectivity index (χ0v) is 20.9. The largest absolute Gasteiger partial charge is 0.547 e. The van der Waals surface area contributed by atoms with Gasteiger partial charge in [-0.25, -0.2) is 9.78 Å². The molecule has 198 valence electrons. The van der Waals surface area contributed by atoms with Gasteiger partial charge in [-0.1, -0.05) is 17.3 Å². The van der Waals surface area contributed by atoms with Crippen LogP contribution >= 0.6 is 11.3 Å². The number of anilines is 1. The van der Waals surface area contributed by atoms with Crippen molar-refractivity contribution in [3.8, 4) is 11.8 Å². The van der Waals surface area contributed by atoms with Crippen molar-refractivity contribution < 1.29 is 34.0 Å². The van der Waals surface area contributed by atoms with Crippen LogP contribution in [0.2, 0.25) is 0 Å². The number of aromatic nitrogens is 1. The number of thiazole rings is 1. The Morgan fingerprint density at radius 2 is 2.05 bits per heavy atom. The third kappa shape index (κ3) is 6.39. The molecule has 1 aromatic heterocycles. The molecule has 1 aromatic carbocycles. The van der Waals surface area contributed by atoms with Crippen molar-refractivity contribution in [3.05, 3.63) is 40.4 Å². The smallest absolute Gasteiger partial charge is 0.534 e. The van der Waals surface area contributed by atoms with E-state index in [1.807, 2.05) is 0 Å². The van der Waals surface area contributed by atoms with Crippen molar-refractivity contribution in [1.82, 2.24) is 15.6 Å². The van der Waals surface area contributed by atoms with Crippen LogP contribution < -0.4 is 21.0 Å². The van der Waals surface area contributed by atoms with E-state index in [-0.39, 0.29) is 46.2 Å². The summed E-state index contributed by atoms with van der Waals surface area (Å²) in [4.78, 5) is 46.1. The number of nitriles is 1. The van der Waals surface area contributed by atoms with Crippen LogP contribution in [0.5, 0.6) is 5.75 Å². The van der Waals surface area contributed by atoms with Gasteiger partial charge >= 0.3 is 13.1 Å². The Labute approximate surface area is 221 Å². The maximum atomic E-state index is 13.1. The number of hydrogen-bond donors (Lipinski definition) is 5. The summed E-state index contributed by atoms with van der Waals surface area (Å²) in [6.45, 7) is -0.449. The van der Waals surface area contributed by atoms with Gasteiger partial charge in [0.2, 0.25) is 0 Å². The van der Waals surface area contributed by atoms with Gasteiger partial charge in [0.25, 0.3) is 11.8 Å². The zero-order chi connectivity index (χ0) is 27.2. The third-order valence-corrected chi connectivity index (χ3v) is 6.95. The number of amides is 2. The van der Waals surface area contributed by atoms with Crippen LogP contribution in [-0.4, -0.2) is 64.3 Å². The fraction of sp³-hybridized carbons (Fsp3) is 0.391. The van der Waals surface area contributed by atoms with Gasteiger partial charge < -0.3 is 36.0 Å². The molecule has 2 aromatic rings. The summed E-state index contributed by atoms with van der Waals surface area (Å²) in [6.07, 6.45) is 2.92. The molecule has 15 heteroatoms. The van der Waals surface area contributed by atoms with E-state index in [1.165, 1.54) is 11.4 Å². The van der Waals surface area contributed by atoms with E-state index in [9.17, 15) is 24.5 Å². The average Bonchev–Trinajstić information content (AvgIpc) is 3.32. The molecule has 0 unspecified atom stereocenters. The van der Waals surface area contributed by atoms with Crippen molar-refractivity contribution >= 4 is 47.1 Å².